The zero-order valence-corrected chi connectivity index (χ0v) is 15.8. The second-order valence-electron chi connectivity index (χ2n) is 6.45. The van der Waals surface area contributed by atoms with Crippen molar-refractivity contribution in [1.29, 1.82) is 0 Å². The highest BCUT2D eigenvalue weighted by molar-refractivity contribution is 7.98. The van der Waals surface area contributed by atoms with E-state index in [1.807, 2.05) is 42.5 Å². The smallest absolute Gasteiger partial charge is 0.241 e. The lowest BCUT2D eigenvalue weighted by atomic mass is 10.1. The fourth-order valence-corrected chi connectivity index (χ4v) is 3.79. The number of rotatable bonds is 7. The van der Waals surface area contributed by atoms with Crippen LogP contribution in [0.2, 0.25) is 0 Å². The van der Waals surface area contributed by atoms with Gasteiger partial charge in [-0.3, -0.25) is 9.59 Å². The summed E-state index contributed by atoms with van der Waals surface area (Å²) >= 11 is 1.76. The Morgan fingerprint density at radius 1 is 1.11 bits per heavy atom. The molecule has 1 heterocycles. The minimum atomic E-state index is -0.319. The van der Waals surface area contributed by atoms with Crippen molar-refractivity contribution in [3.05, 3.63) is 60.2 Å². The summed E-state index contributed by atoms with van der Waals surface area (Å²) in [7, 11) is 0. The molecule has 0 aliphatic carbocycles. The lowest BCUT2D eigenvalue weighted by molar-refractivity contribution is -0.121. The van der Waals surface area contributed by atoms with Gasteiger partial charge in [0.2, 0.25) is 11.8 Å². The lowest BCUT2D eigenvalue weighted by Gasteiger charge is -2.12. The molecule has 6 nitrogen and oxygen atoms in total. The van der Waals surface area contributed by atoms with Crippen LogP contribution in [0.3, 0.4) is 0 Å². The van der Waals surface area contributed by atoms with Crippen LogP contribution in [0, 0.1) is 0 Å². The van der Waals surface area contributed by atoms with Crippen molar-refractivity contribution in [3.8, 4) is 0 Å². The summed E-state index contributed by atoms with van der Waals surface area (Å²) in [6.07, 6.45) is 0.558. The molecule has 1 fully saturated rings. The van der Waals surface area contributed by atoms with Gasteiger partial charge in [-0.1, -0.05) is 30.3 Å². The average molecular weight is 385 g/mol. The van der Waals surface area contributed by atoms with E-state index in [1.165, 1.54) is 5.56 Å². The molecule has 0 aromatic heterocycles. The van der Waals surface area contributed by atoms with Crippen LogP contribution in [0.5, 0.6) is 0 Å². The maximum absolute atomic E-state index is 12.4. The van der Waals surface area contributed by atoms with E-state index < -0.39 is 0 Å². The van der Waals surface area contributed by atoms with E-state index in [1.54, 1.807) is 11.8 Å². The van der Waals surface area contributed by atoms with E-state index >= 15 is 0 Å². The summed E-state index contributed by atoms with van der Waals surface area (Å²) in [5, 5.41) is 8.86. The molecule has 1 aliphatic heterocycles. The molecule has 1 unspecified atom stereocenters. The summed E-state index contributed by atoms with van der Waals surface area (Å²) < 4.78 is 0. The summed E-state index contributed by atoms with van der Waals surface area (Å²) in [6, 6.07) is 17.8. The molecule has 142 valence electrons. The first-order valence-corrected chi connectivity index (χ1v) is 9.93. The number of thioether (sulfide) groups is 1. The van der Waals surface area contributed by atoms with Crippen LogP contribution in [0.15, 0.2) is 59.5 Å². The Kier molecular flexibility index (Phi) is 6.86. The number of benzene rings is 2. The van der Waals surface area contributed by atoms with Crippen LogP contribution in [-0.2, 0) is 15.3 Å². The Balaban J connectivity index is 1.46. The number of hydrogen-bond acceptors (Lipinski definition) is 5. The first-order chi connectivity index (χ1) is 13.1. The topological polar surface area (TPSA) is 96.2 Å². The monoisotopic (exact) mass is 384 g/mol. The first-order valence-electron chi connectivity index (χ1n) is 8.94. The van der Waals surface area contributed by atoms with Gasteiger partial charge in [-0.15, -0.1) is 11.8 Å². The predicted octanol–water partition coefficient (Wildman–Crippen LogP) is 1.72. The van der Waals surface area contributed by atoms with Gasteiger partial charge >= 0.3 is 0 Å². The van der Waals surface area contributed by atoms with E-state index in [2.05, 4.69) is 28.1 Å². The summed E-state index contributed by atoms with van der Waals surface area (Å²) in [5.41, 5.74) is 7.35. The SMILES string of the molecule is NCC(=O)NC1CN[C@H](C(=O)Nc2ccc(SCc3ccccc3)cc2)C1. The van der Waals surface area contributed by atoms with Crippen molar-refractivity contribution < 1.29 is 9.59 Å². The number of carbonyl (C=O) groups is 2. The van der Waals surface area contributed by atoms with Crippen LogP contribution in [0.1, 0.15) is 12.0 Å². The van der Waals surface area contributed by atoms with E-state index in [0.717, 1.165) is 16.3 Å². The standard InChI is InChI=1S/C20H24N4O2S/c21-11-19(25)23-16-10-18(22-12-16)20(26)24-15-6-8-17(9-7-15)27-13-14-4-2-1-3-5-14/h1-9,16,18,22H,10-13,21H2,(H,23,25)(H,24,26)/t16?,18-/m0/s1. The van der Waals surface area contributed by atoms with Crippen molar-refractivity contribution in [2.75, 3.05) is 18.4 Å². The molecule has 7 heteroatoms. The zero-order valence-electron chi connectivity index (χ0n) is 15.0. The van der Waals surface area contributed by atoms with Crippen molar-refractivity contribution in [2.24, 2.45) is 5.73 Å². The van der Waals surface area contributed by atoms with Gasteiger partial charge in [-0.2, -0.15) is 0 Å². The van der Waals surface area contributed by atoms with Crippen LogP contribution >= 0.6 is 11.8 Å². The summed E-state index contributed by atoms with van der Waals surface area (Å²) in [6.45, 7) is 0.529. The maximum atomic E-state index is 12.4. The van der Waals surface area contributed by atoms with Crippen LogP contribution in [0.25, 0.3) is 0 Å². The van der Waals surface area contributed by atoms with Crippen molar-refractivity contribution in [2.45, 2.75) is 29.2 Å². The minimum Gasteiger partial charge on any atom is -0.351 e. The largest absolute Gasteiger partial charge is 0.351 e. The summed E-state index contributed by atoms with van der Waals surface area (Å²) in [5.74, 6) is 0.615. The van der Waals surface area contributed by atoms with Crippen molar-refractivity contribution >= 4 is 29.3 Å². The van der Waals surface area contributed by atoms with E-state index in [0.29, 0.717) is 13.0 Å². The second-order valence-corrected chi connectivity index (χ2v) is 7.50. The summed E-state index contributed by atoms with van der Waals surface area (Å²) in [4.78, 5) is 24.9. The number of anilines is 1. The quantitative estimate of drug-likeness (QED) is 0.545. The van der Waals surface area contributed by atoms with E-state index in [-0.39, 0.29) is 30.4 Å². The molecule has 0 spiro atoms. The highest BCUT2D eigenvalue weighted by atomic mass is 32.2. The second kappa shape index (κ2) is 9.55. The van der Waals surface area contributed by atoms with Crippen molar-refractivity contribution in [3.63, 3.8) is 0 Å². The fraction of sp³-hybridized carbons (Fsp3) is 0.300. The molecule has 5 N–H and O–H groups in total. The lowest BCUT2D eigenvalue weighted by Crippen LogP contribution is -2.39. The third kappa shape index (κ3) is 5.82. The third-order valence-corrected chi connectivity index (χ3v) is 5.45. The Labute approximate surface area is 163 Å². The number of carbonyl (C=O) groups excluding carboxylic acids is 2. The molecule has 3 rings (SSSR count). The molecular weight excluding hydrogens is 360 g/mol. The number of nitrogens with two attached hydrogens (primary N) is 1. The fourth-order valence-electron chi connectivity index (χ4n) is 2.94. The van der Waals surface area contributed by atoms with Gasteiger partial charge in [0, 0.05) is 28.9 Å². The van der Waals surface area contributed by atoms with Gasteiger partial charge in [0.1, 0.15) is 0 Å². The molecule has 1 saturated heterocycles. The Hall–Kier alpha value is -2.35. The van der Waals surface area contributed by atoms with E-state index in [4.69, 9.17) is 5.73 Å². The van der Waals surface area contributed by atoms with Crippen LogP contribution < -0.4 is 21.7 Å². The predicted molar refractivity (Wildman–Crippen MR) is 108 cm³/mol. The molecule has 2 amide bonds. The maximum Gasteiger partial charge on any atom is 0.241 e. The van der Waals surface area contributed by atoms with Gasteiger partial charge in [-0.05, 0) is 36.2 Å². The normalized spacial score (nSPS) is 18.9. The number of hydrogen-bond donors (Lipinski definition) is 4. The number of amides is 2. The molecule has 0 saturated carbocycles. The molecule has 2 aromatic rings. The van der Waals surface area contributed by atoms with Gasteiger partial charge in [0.25, 0.3) is 0 Å². The van der Waals surface area contributed by atoms with Gasteiger partial charge < -0.3 is 21.7 Å². The highest BCUT2D eigenvalue weighted by Crippen LogP contribution is 2.24. The Morgan fingerprint density at radius 3 is 2.56 bits per heavy atom. The Bertz CT molecular complexity index is 767. The third-order valence-electron chi connectivity index (χ3n) is 4.37. The minimum absolute atomic E-state index is 0.0397. The van der Waals surface area contributed by atoms with Gasteiger partial charge in [0.15, 0.2) is 0 Å². The molecule has 0 bridgehead atoms. The molecule has 2 atom stereocenters. The molecule has 27 heavy (non-hydrogen) atoms. The van der Waals surface area contributed by atoms with Gasteiger partial charge in [-0.25, -0.2) is 0 Å². The molecule has 1 aliphatic rings. The average Bonchev–Trinajstić information content (AvgIpc) is 3.17. The Morgan fingerprint density at radius 2 is 1.85 bits per heavy atom. The van der Waals surface area contributed by atoms with Crippen LogP contribution in [-0.4, -0.2) is 37.0 Å². The molecule has 0 radical (unpaired) electrons. The van der Waals surface area contributed by atoms with Crippen molar-refractivity contribution in [1.82, 2.24) is 10.6 Å². The molecular formula is C20H24N4O2S. The molecule has 2 aromatic carbocycles. The first kappa shape index (κ1) is 19.4. The van der Waals surface area contributed by atoms with Crippen LogP contribution in [0.4, 0.5) is 5.69 Å². The highest BCUT2D eigenvalue weighted by Gasteiger charge is 2.30. The number of nitrogens with one attached hydrogen (secondary N) is 3. The van der Waals surface area contributed by atoms with E-state index in [9.17, 15) is 9.59 Å². The zero-order chi connectivity index (χ0) is 19.1. The van der Waals surface area contributed by atoms with Gasteiger partial charge in [0.05, 0.1) is 12.6 Å².